The van der Waals surface area contributed by atoms with Crippen LogP contribution < -0.4 is 16.4 Å². The van der Waals surface area contributed by atoms with Crippen molar-refractivity contribution in [3.8, 4) is 0 Å². The van der Waals surface area contributed by atoms with E-state index in [2.05, 4.69) is 10.6 Å². The van der Waals surface area contributed by atoms with Crippen molar-refractivity contribution in [3.63, 3.8) is 0 Å². The van der Waals surface area contributed by atoms with Gasteiger partial charge in [-0.25, -0.2) is 12.8 Å². The molecule has 0 bridgehead atoms. The fourth-order valence-electron chi connectivity index (χ4n) is 2.88. The Morgan fingerprint density at radius 1 is 1.10 bits per heavy atom. The van der Waals surface area contributed by atoms with E-state index in [0.717, 1.165) is 6.07 Å². The van der Waals surface area contributed by atoms with E-state index in [-0.39, 0.29) is 30.1 Å². The number of carbonyl (C=O) groups is 2. The molecule has 1 aliphatic rings. The van der Waals surface area contributed by atoms with Gasteiger partial charge >= 0.3 is 0 Å². The molecule has 4 N–H and O–H groups in total. The van der Waals surface area contributed by atoms with Gasteiger partial charge in [0.2, 0.25) is 15.9 Å². The molecule has 1 fully saturated rings. The normalized spacial score (nSPS) is 14.8. The molecule has 0 spiro atoms. The average Bonchev–Trinajstić information content (AvgIpc) is 2.74. The van der Waals surface area contributed by atoms with E-state index in [1.807, 2.05) is 0 Å². The molecule has 3 rings (SSSR count). The number of rotatable bonds is 7. The molecular formula is C19H21FN4O5S. The van der Waals surface area contributed by atoms with Crippen molar-refractivity contribution in [3.05, 3.63) is 53.8 Å². The molecule has 11 heteroatoms. The number of halogens is 1. The molecule has 1 aliphatic heterocycles. The van der Waals surface area contributed by atoms with Crippen LogP contribution in [0.15, 0.2) is 47.4 Å². The second kappa shape index (κ2) is 9.20. The zero-order valence-corrected chi connectivity index (χ0v) is 16.7. The SMILES string of the molecule is NC(=O)c1cc(NCC(=O)Nc2cccc(S(=O)(=O)N3CCOCC3)c2)ccc1F. The summed E-state index contributed by atoms with van der Waals surface area (Å²) in [5, 5.41) is 5.36. The van der Waals surface area contributed by atoms with Crippen LogP contribution in [0.3, 0.4) is 0 Å². The summed E-state index contributed by atoms with van der Waals surface area (Å²) in [4.78, 5) is 23.5. The van der Waals surface area contributed by atoms with Gasteiger partial charge in [0.15, 0.2) is 0 Å². The molecule has 2 aromatic carbocycles. The summed E-state index contributed by atoms with van der Waals surface area (Å²) in [7, 11) is -3.69. The van der Waals surface area contributed by atoms with E-state index in [1.165, 1.54) is 34.6 Å². The van der Waals surface area contributed by atoms with Gasteiger partial charge in [-0.15, -0.1) is 0 Å². The minimum atomic E-state index is -3.69. The number of morpholine rings is 1. The predicted molar refractivity (Wildman–Crippen MR) is 108 cm³/mol. The van der Waals surface area contributed by atoms with Gasteiger partial charge in [0, 0.05) is 24.5 Å². The monoisotopic (exact) mass is 436 g/mol. The molecule has 0 aliphatic carbocycles. The maximum Gasteiger partial charge on any atom is 0.251 e. The van der Waals surface area contributed by atoms with Crippen molar-refractivity contribution in [1.29, 1.82) is 0 Å². The van der Waals surface area contributed by atoms with Crippen LogP contribution in [-0.4, -0.2) is 57.4 Å². The summed E-state index contributed by atoms with van der Waals surface area (Å²) in [5.41, 5.74) is 5.46. The van der Waals surface area contributed by atoms with E-state index >= 15 is 0 Å². The first kappa shape index (κ1) is 21.7. The number of primary amides is 1. The lowest BCUT2D eigenvalue weighted by Gasteiger charge is -2.26. The third-order valence-electron chi connectivity index (χ3n) is 4.41. The number of nitrogens with zero attached hydrogens (tertiary/aromatic N) is 1. The lowest BCUT2D eigenvalue weighted by molar-refractivity contribution is -0.114. The smallest absolute Gasteiger partial charge is 0.251 e. The Bertz CT molecular complexity index is 1050. The van der Waals surface area contributed by atoms with Gasteiger partial charge in [-0.05, 0) is 36.4 Å². The topological polar surface area (TPSA) is 131 Å². The number of nitrogens with one attached hydrogen (secondary N) is 2. The van der Waals surface area contributed by atoms with Gasteiger partial charge in [-0.1, -0.05) is 6.07 Å². The Labute approximate surface area is 173 Å². The molecule has 1 saturated heterocycles. The van der Waals surface area contributed by atoms with E-state index in [0.29, 0.717) is 24.6 Å². The zero-order valence-electron chi connectivity index (χ0n) is 15.9. The molecule has 0 radical (unpaired) electrons. The van der Waals surface area contributed by atoms with Crippen molar-refractivity contribution in [2.45, 2.75) is 4.90 Å². The maximum absolute atomic E-state index is 13.5. The summed E-state index contributed by atoms with van der Waals surface area (Å²) < 4.78 is 45.5. The van der Waals surface area contributed by atoms with E-state index in [9.17, 15) is 22.4 Å². The van der Waals surface area contributed by atoms with Crippen LogP contribution in [0.4, 0.5) is 15.8 Å². The highest BCUT2D eigenvalue weighted by Gasteiger charge is 2.26. The summed E-state index contributed by atoms with van der Waals surface area (Å²) in [5.74, 6) is -2.13. The number of amides is 2. The maximum atomic E-state index is 13.5. The minimum absolute atomic E-state index is 0.0693. The first-order valence-electron chi connectivity index (χ1n) is 9.08. The van der Waals surface area contributed by atoms with E-state index < -0.39 is 27.7 Å². The Kier molecular flexibility index (Phi) is 6.65. The second-order valence-corrected chi connectivity index (χ2v) is 8.44. The van der Waals surface area contributed by atoms with E-state index in [1.54, 1.807) is 6.07 Å². The third kappa shape index (κ3) is 5.12. The number of carbonyl (C=O) groups excluding carboxylic acids is 2. The quantitative estimate of drug-likeness (QED) is 0.593. The number of hydrogen-bond acceptors (Lipinski definition) is 6. The summed E-state index contributed by atoms with van der Waals surface area (Å²) in [6.45, 7) is 1.02. The van der Waals surface area contributed by atoms with Crippen molar-refractivity contribution in [1.82, 2.24) is 4.31 Å². The molecule has 30 heavy (non-hydrogen) atoms. The summed E-state index contributed by atoms with van der Waals surface area (Å²) in [6, 6.07) is 9.59. The van der Waals surface area contributed by atoms with Crippen LogP contribution in [0.5, 0.6) is 0 Å². The molecule has 160 valence electrons. The first-order chi connectivity index (χ1) is 14.3. The van der Waals surface area contributed by atoms with Crippen LogP contribution in [0.1, 0.15) is 10.4 Å². The summed E-state index contributed by atoms with van der Waals surface area (Å²) >= 11 is 0. The number of sulfonamides is 1. The van der Waals surface area contributed by atoms with E-state index in [4.69, 9.17) is 10.5 Å². The molecule has 0 saturated carbocycles. The highest BCUT2D eigenvalue weighted by molar-refractivity contribution is 7.89. The molecule has 2 amide bonds. The second-order valence-electron chi connectivity index (χ2n) is 6.50. The Balaban J connectivity index is 1.64. The average molecular weight is 436 g/mol. The molecular weight excluding hydrogens is 415 g/mol. The van der Waals surface area contributed by atoms with Gasteiger partial charge in [-0.2, -0.15) is 4.31 Å². The zero-order chi connectivity index (χ0) is 21.7. The van der Waals surface area contributed by atoms with Gasteiger partial charge in [-0.3, -0.25) is 9.59 Å². The highest BCUT2D eigenvalue weighted by Crippen LogP contribution is 2.21. The number of anilines is 2. The lowest BCUT2D eigenvalue weighted by Crippen LogP contribution is -2.40. The Hall–Kier alpha value is -3.02. The number of nitrogens with two attached hydrogens (primary N) is 1. The van der Waals surface area contributed by atoms with Crippen LogP contribution in [0, 0.1) is 5.82 Å². The predicted octanol–water partition coefficient (Wildman–Crippen LogP) is 0.996. The number of benzene rings is 2. The molecule has 9 nitrogen and oxygen atoms in total. The van der Waals surface area contributed by atoms with Crippen molar-refractivity contribution >= 4 is 33.2 Å². The Morgan fingerprint density at radius 2 is 1.83 bits per heavy atom. The number of hydrogen-bond donors (Lipinski definition) is 3. The molecule has 0 unspecified atom stereocenters. The van der Waals surface area contributed by atoms with Gasteiger partial charge in [0.05, 0.1) is 30.2 Å². The lowest BCUT2D eigenvalue weighted by atomic mass is 10.2. The number of ether oxygens (including phenoxy) is 1. The highest BCUT2D eigenvalue weighted by atomic mass is 32.2. The van der Waals surface area contributed by atoms with Crippen molar-refractivity contribution in [2.24, 2.45) is 5.73 Å². The first-order valence-corrected chi connectivity index (χ1v) is 10.5. The van der Waals surface area contributed by atoms with Crippen molar-refractivity contribution in [2.75, 3.05) is 43.5 Å². The fourth-order valence-corrected chi connectivity index (χ4v) is 4.34. The van der Waals surface area contributed by atoms with Gasteiger partial charge in [0.25, 0.3) is 5.91 Å². The molecule has 1 heterocycles. The third-order valence-corrected chi connectivity index (χ3v) is 6.31. The largest absolute Gasteiger partial charge is 0.379 e. The molecule has 2 aromatic rings. The van der Waals surface area contributed by atoms with Gasteiger partial charge < -0.3 is 21.1 Å². The molecule has 0 aromatic heterocycles. The standard InChI is InChI=1S/C19H21FN4O5S/c20-17-5-4-13(11-16(17)19(21)26)22-12-18(25)23-14-2-1-3-15(10-14)30(27,28)24-6-8-29-9-7-24/h1-5,10-11,22H,6-9,12H2,(H2,21,26)(H,23,25). The van der Waals surface area contributed by atoms with Crippen LogP contribution in [-0.2, 0) is 19.6 Å². The fraction of sp³-hybridized carbons (Fsp3) is 0.263. The van der Waals surface area contributed by atoms with Crippen LogP contribution in [0.2, 0.25) is 0 Å². The summed E-state index contributed by atoms with van der Waals surface area (Å²) in [6.07, 6.45) is 0. The van der Waals surface area contributed by atoms with Crippen LogP contribution in [0.25, 0.3) is 0 Å². The van der Waals surface area contributed by atoms with Crippen molar-refractivity contribution < 1.29 is 27.1 Å². The minimum Gasteiger partial charge on any atom is -0.379 e. The van der Waals surface area contributed by atoms with Crippen LogP contribution >= 0.6 is 0 Å². The molecule has 0 atom stereocenters. The van der Waals surface area contributed by atoms with Gasteiger partial charge in [0.1, 0.15) is 5.82 Å². The Morgan fingerprint density at radius 3 is 2.53 bits per heavy atom.